The van der Waals surface area contributed by atoms with Crippen LogP contribution >= 0.6 is 15.9 Å². The molecule has 0 fully saturated rings. The molecule has 3 nitrogen and oxygen atoms in total. The van der Waals surface area contributed by atoms with Gasteiger partial charge in [0.1, 0.15) is 5.82 Å². The molecular weight excluding hydrogens is 284 g/mol. The van der Waals surface area contributed by atoms with Gasteiger partial charge in [0.05, 0.1) is 16.6 Å². The molecule has 1 aromatic rings. The SMILES string of the molecule is CC(=O)Nc1ccc(F)c(C(=O)CBr)c1F. The molecule has 6 heteroatoms. The zero-order valence-corrected chi connectivity index (χ0v) is 9.90. The fourth-order valence-electron chi connectivity index (χ4n) is 1.16. The number of rotatable bonds is 3. The van der Waals surface area contributed by atoms with Crippen molar-refractivity contribution in [3.8, 4) is 0 Å². The van der Waals surface area contributed by atoms with Gasteiger partial charge in [-0.2, -0.15) is 0 Å². The predicted molar refractivity (Wildman–Crippen MR) is 58.8 cm³/mol. The fourth-order valence-corrected chi connectivity index (χ4v) is 1.44. The Kier molecular flexibility index (Phi) is 4.12. The lowest BCUT2D eigenvalue weighted by molar-refractivity contribution is -0.114. The summed E-state index contributed by atoms with van der Waals surface area (Å²) in [5.41, 5.74) is -0.860. The average Bonchev–Trinajstić information content (AvgIpc) is 2.21. The van der Waals surface area contributed by atoms with Crippen molar-refractivity contribution in [2.75, 3.05) is 10.6 Å². The van der Waals surface area contributed by atoms with Crippen molar-refractivity contribution < 1.29 is 18.4 Å². The third kappa shape index (κ3) is 2.63. The van der Waals surface area contributed by atoms with E-state index in [2.05, 4.69) is 21.2 Å². The number of hydrogen-bond donors (Lipinski definition) is 1. The van der Waals surface area contributed by atoms with Crippen LogP contribution in [0, 0.1) is 11.6 Å². The maximum Gasteiger partial charge on any atom is 0.221 e. The molecule has 0 heterocycles. The normalized spacial score (nSPS) is 10.0. The van der Waals surface area contributed by atoms with Crippen LogP contribution in [0.5, 0.6) is 0 Å². The molecule has 86 valence electrons. The largest absolute Gasteiger partial charge is 0.324 e. The molecule has 1 aromatic carbocycles. The monoisotopic (exact) mass is 291 g/mol. The minimum atomic E-state index is -1.06. The Labute approximate surface area is 99.0 Å². The molecule has 0 unspecified atom stereocenters. The average molecular weight is 292 g/mol. The van der Waals surface area contributed by atoms with Crippen LogP contribution in [0.25, 0.3) is 0 Å². The Balaban J connectivity index is 3.26. The number of halogens is 3. The first-order valence-corrected chi connectivity index (χ1v) is 5.44. The second-order valence-electron chi connectivity index (χ2n) is 3.02. The van der Waals surface area contributed by atoms with E-state index in [0.29, 0.717) is 0 Å². The number of amides is 1. The summed E-state index contributed by atoms with van der Waals surface area (Å²) < 4.78 is 26.8. The number of Topliss-reactive ketones (excluding diaryl/α,β-unsaturated/α-hetero) is 1. The number of hydrogen-bond acceptors (Lipinski definition) is 2. The third-order valence-electron chi connectivity index (χ3n) is 1.80. The Hall–Kier alpha value is -1.30. The number of carbonyl (C=O) groups excluding carboxylic acids is 2. The van der Waals surface area contributed by atoms with Crippen molar-refractivity contribution in [2.24, 2.45) is 0 Å². The molecule has 0 bridgehead atoms. The molecule has 0 radical (unpaired) electrons. The summed E-state index contributed by atoms with van der Waals surface area (Å²) in [4.78, 5) is 22.0. The summed E-state index contributed by atoms with van der Waals surface area (Å²) >= 11 is 2.83. The lowest BCUT2D eigenvalue weighted by atomic mass is 10.1. The van der Waals surface area contributed by atoms with Gasteiger partial charge < -0.3 is 5.32 Å². The van der Waals surface area contributed by atoms with Crippen LogP contribution in [-0.4, -0.2) is 17.0 Å². The van der Waals surface area contributed by atoms with E-state index < -0.39 is 28.9 Å². The molecular formula is C10H8BrF2NO2. The highest BCUT2D eigenvalue weighted by atomic mass is 79.9. The molecule has 0 aliphatic carbocycles. The van der Waals surface area contributed by atoms with E-state index in [1.165, 1.54) is 6.92 Å². The van der Waals surface area contributed by atoms with Crippen molar-refractivity contribution in [2.45, 2.75) is 6.92 Å². The van der Waals surface area contributed by atoms with E-state index in [-0.39, 0.29) is 11.0 Å². The van der Waals surface area contributed by atoms with E-state index in [1.807, 2.05) is 0 Å². The Morgan fingerprint density at radius 3 is 2.50 bits per heavy atom. The summed E-state index contributed by atoms with van der Waals surface area (Å²) in [5.74, 6) is -3.22. The molecule has 0 aliphatic rings. The second kappa shape index (κ2) is 5.16. The first-order chi connectivity index (χ1) is 7.47. The number of benzene rings is 1. The van der Waals surface area contributed by atoms with Crippen LogP contribution in [0.2, 0.25) is 0 Å². The van der Waals surface area contributed by atoms with E-state index in [4.69, 9.17) is 0 Å². The first-order valence-electron chi connectivity index (χ1n) is 4.32. The number of ketones is 1. The summed E-state index contributed by atoms with van der Waals surface area (Å²) in [7, 11) is 0. The lowest BCUT2D eigenvalue weighted by Gasteiger charge is -2.08. The van der Waals surface area contributed by atoms with Gasteiger partial charge in [-0.3, -0.25) is 9.59 Å². The molecule has 0 saturated heterocycles. The highest BCUT2D eigenvalue weighted by molar-refractivity contribution is 9.09. The van der Waals surface area contributed by atoms with Crippen molar-refractivity contribution in [1.82, 2.24) is 0 Å². The highest BCUT2D eigenvalue weighted by Gasteiger charge is 2.19. The maximum atomic E-state index is 13.6. The maximum absolute atomic E-state index is 13.6. The molecule has 0 aliphatic heterocycles. The van der Waals surface area contributed by atoms with E-state index >= 15 is 0 Å². The number of alkyl halides is 1. The molecule has 1 rings (SSSR count). The molecule has 0 atom stereocenters. The van der Waals surface area contributed by atoms with E-state index in [1.54, 1.807) is 0 Å². The third-order valence-corrected chi connectivity index (χ3v) is 2.31. The van der Waals surface area contributed by atoms with Gasteiger partial charge in [-0.25, -0.2) is 8.78 Å². The van der Waals surface area contributed by atoms with Gasteiger partial charge in [-0.15, -0.1) is 0 Å². The minimum absolute atomic E-state index is 0.190. The van der Waals surface area contributed by atoms with Crippen molar-refractivity contribution in [1.29, 1.82) is 0 Å². The molecule has 1 amide bonds. The standard InChI is InChI=1S/C10H8BrF2NO2/c1-5(15)14-7-3-2-6(12)9(10(7)13)8(16)4-11/h2-3H,4H2,1H3,(H,14,15). The quantitative estimate of drug-likeness (QED) is 0.687. The topological polar surface area (TPSA) is 46.2 Å². The van der Waals surface area contributed by atoms with E-state index in [9.17, 15) is 18.4 Å². The van der Waals surface area contributed by atoms with Gasteiger partial charge in [0.15, 0.2) is 11.6 Å². The van der Waals surface area contributed by atoms with Gasteiger partial charge in [-0.05, 0) is 12.1 Å². The molecule has 1 N–H and O–H groups in total. The molecule has 0 aromatic heterocycles. The zero-order valence-electron chi connectivity index (χ0n) is 8.31. The number of carbonyl (C=O) groups is 2. The van der Waals surface area contributed by atoms with Gasteiger partial charge >= 0.3 is 0 Å². The highest BCUT2D eigenvalue weighted by Crippen LogP contribution is 2.22. The fraction of sp³-hybridized carbons (Fsp3) is 0.200. The number of nitrogens with one attached hydrogen (secondary N) is 1. The van der Waals surface area contributed by atoms with E-state index in [0.717, 1.165) is 12.1 Å². The van der Waals surface area contributed by atoms with Crippen LogP contribution < -0.4 is 5.32 Å². The molecule has 0 saturated carbocycles. The van der Waals surface area contributed by atoms with Crippen LogP contribution in [0.4, 0.5) is 14.5 Å². The Bertz CT molecular complexity index is 449. The Morgan fingerprint density at radius 2 is 2.00 bits per heavy atom. The zero-order chi connectivity index (χ0) is 12.3. The van der Waals surface area contributed by atoms with Gasteiger partial charge in [-0.1, -0.05) is 15.9 Å². The van der Waals surface area contributed by atoms with Crippen LogP contribution in [0.1, 0.15) is 17.3 Å². The van der Waals surface area contributed by atoms with Gasteiger partial charge in [0, 0.05) is 6.92 Å². The Morgan fingerprint density at radius 1 is 1.38 bits per heavy atom. The van der Waals surface area contributed by atoms with Crippen LogP contribution in [0.3, 0.4) is 0 Å². The van der Waals surface area contributed by atoms with Crippen molar-refractivity contribution >= 4 is 33.3 Å². The van der Waals surface area contributed by atoms with Crippen LogP contribution in [0.15, 0.2) is 12.1 Å². The summed E-state index contributed by atoms with van der Waals surface area (Å²) in [6, 6.07) is 2.00. The van der Waals surface area contributed by atoms with Gasteiger partial charge in [0.2, 0.25) is 5.91 Å². The molecule has 0 spiro atoms. The van der Waals surface area contributed by atoms with Crippen LogP contribution in [-0.2, 0) is 4.79 Å². The van der Waals surface area contributed by atoms with Gasteiger partial charge in [0.25, 0.3) is 0 Å². The second-order valence-corrected chi connectivity index (χ2v) is 3.58. The lowest BCUT2D eigenvalue weighted by Crippen LogP contribution is -2.13. The first kappa shape index (κ1) is 12.8. The van der Waals surface area contributed by atoms with Crippen molar-refractivity contribution in [3.63, 3.8) is 0 Å². The minimum Gasteiger partial charge on any atom is -0.324 e. The predicted octanol–water partition coefficient (Wildman–Crippen LogP) is 2.50. The smallest absolute Gasteiger partial charge is 0.221 e. The molecule has 16 heavy (non-hydrogen) atoms. The summed E-state index contributed by atoms with van der Waals surface area (Å²) in [6.45, 7) is 1.19. The summed E-state index contributed by atoms with van der Waals surface area (Å²) in [5, 5.41) is 1.98. The summed E-state index contributed by atoms with van der Waals surface area (Å²) in [6.07, 6.45) is 0. The number of anilines is 1. The van der Waals surface area contributed by atoms with Crippen molar-refractivity contribution in [3.05, 3.63) is 29.3 Å².